The maximum absolute atomic E-state index is 12.4. The lowest BCUT2D eigenvalue weighted by atomic mass is 9.85. The van der Waals surface area contributed by atoms with E-state index in [1.54, 1.807) is 23.0 Å². The zero-order chi connectivity index (χ0) is 18.8. The van der Waals surface area contributed by atoms with Crippen LogP contribution in [0.5, 0.6) is 0 Å². The smallest absolute Gasteiger partial charge is 0.317 e. The Morgan fingerprint density at radius 2 is 1.96 bits per heavy atom. The summed E-state index contributed by atoms with van der Waals surface area (Å²) < 4.78 is 1.75. The van der Waals surface area contributed by atoms with E-state index in [0.29, 0.717) is 11.5 Å². The van der Waals surface area contributed by atoms with Crippen LogP contribution in [-0.2, 0) is 4.79 Å². The quantitative estimate of drug-likeness (QED) is 0.743. The molecule has 2 N–H and O–H groups in total. The Labute approximate surface area is 158 Å². The second kappa shape index (κ2) is 7.52. The molecule has 0 atom stereocenters. The summed E-state index contributed by atoms with van der Waals surface area (Å²) in [5, 5.41) is 16.3. The Morgan fingerprint density at radius 1 is 1.22 bits per heavy atom. The van der Waals surface area contributed by atoms with E-state index >= 15 is 0 Å². The molecule has 0 spiro atoms. The lowest BCUT2D eigenvalue weighted by molar-refractivity contribution is -0.139. The normalized spacial score (nSPS) is 21.7. The Kier molecular flexibility index (Phi) is 4.94. The number of amides is 1. The van der Waals surface area contributed by atoms with Crippen molar-refractivity contribution < 1.29 is 14.7 Å². The molecule has 2 aliphatic rings. The number of aliphatic carboxylic acids is 1. The second-order valence-corrected chi connectivity index (χ2v) is 7.56. The first-order chi connectivity index (χ1) is 13.1. The van der Waals surface area contributed by atoms with Gasteiger partial charge in [-0.15, -0.1) is 0 Å². The van der Waals surface area contributed by atoms with E-state index in [4.69, 9.17) is 5.11 Å². The van der Waals surface area contributed by atoms with Gasteiger partial charge in [0.2, 0.25) is 0 Å². The van der Waals surface area contributed by atoms with Crippen LogP contribution in [0.2, 0.25) is 0 Å². The first kappa shape index (κ1) is 17.7. The number of benzene rings is 1. The standard InChI is InChI=1S/C20H24N4O3/c25-19(26)13-23(12-14-2-3-14)18-10-16(11-18)22-20(27)15-4-6-17(7-5-15)24-9-1-8-21-24/h1,4-9,14,16,18H,2-3,10-13H2,(H,22,27)(H,25,26). The molecule has 2 aromatic rings. The summed E-state index contributed by atoms with van der Waals surface area (Å²) in [7, 11) is 0. The molecule has 7 heteroatoms. The minimum atomic E-state index is -0.777. The van der Waals surface area contributed by atoms with Gasteiger partial charge in [-0.2, -0.15) is 5.10 Å². The summed E-state index contributed by atoms with van der Waals surface area (Å²) in [5.41, 5.74) is 1.53. The average Bonchev–Trinajstić information content (AvgIpc) is 3.26. The Balaban J connectivity index is 1.28. The molecule has 0 bridgehead atoms. The molecular weight excluding hydrogens is 344 g/mol. The van der Waals surface area contributed by atoms with Crippen molar-refractivity contribution in [2.45, 2.75) is 37.8 Å². The third kappa shape index (κ3) is 4.36. The lowest BCUT2D eigenvalue weighted by Gasteiger charge is -2.42. The minimum Gasteiger partial charge on any atom is -0.480 e. The van der Waals surface area contributed by atoms with E-state index < -0.39 is 5.97 Å². The summed E-state index contributed by atoms with van der Waals surface area (Å²) >= 11 is 0. The highest BCUT2D eigenvalue weighted by molar-refractivity contribution is 5.94. The average molecular weight is 368 g/mol. The van der Waals surface area contributed by atoms with E-state index in [9.17, 15) is 9.59 Å². The van der Waals surface area contributed by atoms with Crippen molar-refractivity contribution in [3.8, 4) is 5.69 Å². The molecule has 1 aromatic carbocycles. The van der Waals surface area contributed by atoms with Crippen molar-refractivity contribution in [3.05, 3.63) is 48.3 Å². The van der Waals surface area contributed by atoms with E-state index in [1.165, 1.54) is 12.8 Å². The lowest BCUT2D eigenvalue weighted by Crippen LogP contribution is -2.55. The largest absolute Gasteiger partial charge is 0.480 e. The number of hydrogen-bond acceptors (Lipinski definition) is 4. The third-order valence-electron chi connectivity index (χ3n) is 5.39. The van der Waals surface area contributed by atoms with Crippen LogP contribution in [0.15, 0.2) is 42.7 Å². The highest BCUT2D eigenvalue weighted by Crippen LogP contribution is 2.33. The van der Waals surface area contributed by atoms with Gasteiger partial charge in [0.15, 0.2) is 0 Å². The number of aromatic nitrogens is 2. The predicted octanol–water partition coefficient (Wildman–Crippen LogP) is 1.93. The molecule has 1 aromatic heterocycles. The number of carbonyl (C=O) groups excluding carboxylic acids is 1. The van der Waals surface area contributed by atoms with Crippen molar-refractivity contribution in [1.82, 2.24) is 20.0 Å². The second-order valence-electron chi connectivity index (χ2n) is 7.56. The summed E-state index contributed by atoms with van der Waals surface area (Å²) in [4.78, 5) is 25.6. The van der Waals surface area contributed by atoms with Gasteiger partial charge >= 0.3 is 5.97 Å². The molecule has 0 aliphatic heterocycles. The fourth-order valence-electron chi connectivity index (χ4n) is 3.61. The molecule has 2 aliphatic carbocycles. The van der Waals surface area contributed by atoms with Crippen molar-refractivity contribution in [2.75, 3.05) is 13.1 Å². The van der Waals surface area contributed by atoms with Crippen LogP contribution in [0.3, 0.4) is 0 Å². The first-order valence-corrected chi connectivity index (χ1v) is 9.45. The van der Waals surface area contributed by atoms with Gasteiger partial charge in [-0.1, -0.05) is 0 Å². The van der Waals surface area contributed by atoms with Crippen LogP contribution >= 0.6 is 0 Å². The molecule has 1 amide bonds. The van der Waals surface area contributed by atoms with Crippen molar-refractivity contribution in [2.24, 2.45) is 5.92 Å². The van der Waals surface area contributed by atoms with Gasteiger partial charge in [0.1, 0.15) is 0 Å². The van der Waals surface area contributed by atoms with Gasteiger partial charge in [-0.25, -0.2) is 4.68 Å². The summed E-state index contributed by atoms with van der Waals surface area (Å²) in [6, 6.07) is 9.56. The molecule has 142 valence electrons. The highest BCUT2D eigenvalue weighted by Gasteiger charge is 2.37. The topological polar surface area (TPSA) is 87.5 Å². The van der Waals surface area contributed by atoms with E-state index in [-0.39, 0.29) is 24.5 Å². The van der Waals surface area contributed by atoms with E-state index in [1.807, 2.05) is 24.4 Å². The van der Waals surface area contributed by atoms with Gasteiger partial charge in [0, 0.05) is 36.6 Å². The molecule has 4 rings (SSSR count). The summed E-state index contributed by atoms with van der Waals surface area (Å²) in [6.45, 7) is 0.962. The summed E-state index contributed by atoms with van der Waals surface area (Å²) in [5.74, 6) is -0.204. The van der Waals surface area contributed by atoms with Crippen LogP contribution < -0.4 is 5.32 Å². The highest BCUT2D eigenvalue weighted by atomic mass is 16.4. The molecule has 0 unspecified atom stereocenters. The van der Waals surface area contributed by atoms with Crippen LogP contribution in [0.1, 0.15) is 36.0 Å². The van der Waals surface area contributed by atoms with Gasteiger partial charge in [-0.05, 0) is 61.9 Å². The number of carboxylic acid groups (broad SMARTS) is 1. The number of nitrogens with one attached hydrogen (secondary N) is 1. The first-order valence-electron chi connectivity index (χ1n) is 9.45. The number of carboxylic acids is 1. The number of rotatable bonds is 8. The van der Waals surface area contributed by atoms with Gasteiger partial charge < -0.3 is 10.4 Å². The third-order valence-corrected chi connectivity index (χ3v) is 5.39. The fraction of sp³-hybridized carbons (Fsp3) is 0.450. The Hall–Kier alpha value is -2.67. The zero-order valence-electron chi connectivity index (χ0n) is 15.1. The van der Waals surface area contributed by atoms with Crippen molar-refractivity contribution in [3.63, 3.8) is 0 Å². The number of carbonyl (C=O) groups is 2. The monoisotopic (exact) mass is 368 g/mol. The number of hydrogen-bond donors (Lipinski definition) is 2. The SMILES string of the molecule is O=C(O)CN(CC1CC1)C1CC(NC(=O)c2ccc(-n3cccn3)cc2)C1. The molecule has 0 saturated heterocycles. The Morgan fingerprint density at radius 3 is 2.56 bits per heavy atom. The van der Waals surface area contributed by atoms with Crippen molar-refractivity contribution >= 4 is 11.9 Å². The predicted molar refractivity (Wildman–Crippen MR) is 99.8 cm³/mol. The van der Waals surface area contributed by atoms with Gasteiger partial charge in [-0.3, -0.25) is 14.5 Å². The van der Waals surface area contributed by atoms with Crippen molar-refractivity contribution in [1.29, 1.82) is 0 Å². The molecule has 0 radical (unpaired) electrons. The molecule has 7 nitrogen and oxygen atoms in total. The molecule has 2 fully saturated rings. The Bertz CT molecular complexity index is 793. The van der Waals surface area contributed by atoms with Crippen LogP contribution in [-0.4, -0.2) is 56.8 Å². The minimum absolute atomic E-state index is 0.0857. The van der Waals surface area contributed by atoms with Crippen LogP contribution in [0, 0.1) is 5.92 Å². The van der Waals surface area contributed by atoms with E-state index in [0.717, 1.165) is 25.1 Å². The maximum atomic E-state index is 12.4. The van der Waals surface area contributed by atoms with Gasteiger partial charge in [0.05, 0.1) is 12.2 Å². The van der Waals surface area contributed by atoms with Crippen LogP contribution in [0.4, 0.5) is 0 Å². The molecule has 27 heavy (non-hydrogen) atoms. The summed E-state index contributed by atoms with van der Waals surface area (Å²) in [6.07, 6.45) is 7.61. The molecule has 2 saturated carbocycles. The maximum Gasteiger partial charge on any atom is 0.317 e. The fourth-order valence-corrected chi connectivity index (χ4v) is 3.61. The zero-order valence-corrected chi connectivity index (χ0v) is 15.1. The molecule has 1 heterocycles. The van der Waals surface area contributed by atoms with Crippen LogP contribution in [0.25, 0.3) is 5.69 Å². The molecular formula is C20H24N4O3. The van der Waals surface area contributed by atoms with Gasteiger partial charge in [0.25, 0.3) is 5.91 Å². The van der Waals surface area contributed by atoms with E-state index in [2.05, 4.69) is 15.3 Å². The number of nitrogens with zero attached hydrogens (tertiary/aromatic N) is 3.